The largest absolute Gasteiger partial charge is 0.342 e. The fraction of sp³-hybridized carbons (Fsp3) is 0.0833. The summed E-state index contributed by atoms with van der Waals surface area (Å²) >= 11 is 0. The van der Waals surface area contributed by atoms with E-state index >= 15 is 0 Å². The SMILES string of the molecule is N#CC1(C#Cc2ccccc2)c2ccccc2C(=O)NC1c1ccccc1. The molecule has 0 spiro atoms. The van der Waals surface area contributed by atoms with Gasteiger partial charge in [0, 0.05) is 11.1 Å². The van der Waals surface area contributed by atoms with E-state index in [9.17, 15) is 10.1 Å². The van der Waals surface area contributed by atoms with Gasteiger partial charge in [-0.15, -0.1) is 0 Å². The van der Waals surface area contributed by atoms with Crippen LogP contribution in [0.3, 0.4) is 0 Å². The molecule has 1 heterocycles. The van der Waals surface area contributed by atoms with E-state index in [0.717, 1.165) is 11.1 Å². The second-order valence-corrected chi connectivity index (χ2v) is 6.40. The normalized spacial score (nSPS) is 20.4. The van der Waals surface area contributed by atoms with E-state index in [1.807, 2.05) is 72.8 Å². The van der Waals surface area contributed by atoms with Crippen LogP contribution in [0.15, 0.2) is 84.9 Å². The molecule has 1 amide bonds. The van der Waals surface area contributed by atoms with Crippen molar-refractivity contribution in [1.82, 2.24) is 5.32 Å². The lowest BCUT2D eigenvalue weighted by Gasteiger charge is -2.37. The van der Waals surface area contributed by atoms with Gasteiger partial charge < -0.3 is 5.32 Å². The molecular weight excluding hydrogens is 332 g/mol. The molecule has 3 aromatic rings. The van der Waals surface area contributed by atoms with Crippen LogP contribution < -0.4 is 5.32 Å². The Labute approximate surface area is 158 Å². The number of benzene rings is 3. The molecule has 4 rings (SSSR count). The number of hydrogen-bond acceptors (Lipinski definition) is 2. The predicted molar refractivity (Wildman–Crippen MR) is 104 cm³/mol. The molecule has 0 saturated carbocycles. The number of nitriles is 1. The fourth-order valence-corrected chi connectivity index (χ4v) is 3.46. The third-order valence-electron chi connectivity index (χ3n) is 4.79. The second kappa shape index (κ2) is 6.83. The Morgan fingerprint density at radius 2 is 1.48 bits per heavy atom. The Bertz CT molecular complexity index is 1090. The van der Waals surface area contributed by atoms with Crippen molar-refractivity contribution in [2.24, 2.45) is 0 Å². The molecule has 0 aromatic heterocycles. The number of amides is 1. The Morgan fingerprint density at radius 3 is 2.19 bits per heavy atom. The summed E-state index contributed by atoms with van der Waals surface area (Å²) in [7, 11) is 0. The molecule has 1 N–H and O–H groups in total. The average molecular weight is 348 g/mol. The van der Waals surface area contributed by atoms with Crippen LogP contribution in [-0.4, -0.2) is 5.91 Å². The highest BCUT2D eigenvalue weighted by Crippen LogP contribution is 2.41. The first kappa shape index (κ1) is 16.6. The molecule has 2 unspecified atom stereocenters. The van der Waals surface area contributed by atoms with Crippen LogP contribution in [-0.2, 0) is 5.41 Å². The Morgan fingerprint density at radius 1 is 0.852 bits per heavy atom. The highest BCUT2D eigenvalue weighted by Gasteiger charge is 2.47. The minimum absolute atomic E-state index is 0.188. The number of rotatable bonds is 1. The lowest BCUT2D eigenvalue weighted by atomic mass is 9.69. The molecule has 3 aromatic carbocycles. The maximum atomic E-state index is 12.7. The first-order valence-corrected chi connectivity index (χ1v) is 8.69. The van der Waals surface area contributed by atoms with E-state index in [-0.39, 0.29) is 5.91 Å². The molecule has 1 aliphatic heterocycles. The maximum absolute atomic E-state index is 12.7. The number of carbonyl (C=O) groups is 1. The van der Waals surface area contributed by atoms with E-state index in [0.29, 0.717) is 11.1 Å². The highest BCUT2D eigenvalue weighted by molar-refractivity contribution is 5.98. The van der Waals surface area contributed by atoms with Crippen molar-refractivity contribution < 1.29 is 4.79 Å². The first-order chi connectivity index (χ1) is 13.2. The van der Waals surface area contributed by atoms with Crippen molar-refractivity contribution in [1.29, 1.82) is 5.26 Å². The second-order valence-electron chi connectivity index (χ2n) is 6.40. The van der Waals surface area contributed by atoms with Gasteiger partial charge in [0.25, 0.3) is 5.91 Å². The Hall–Kier alpha value is -3.82. The molecule has 3 heteroatoms. The van der Waals surface area contributed by atoms with E-state index < -0.39 is 11.5 Å². The Balaban J connectivity index is 1.96. The van der Waals surface area contributed by atoms with Gasteiger partial charge in [0.15, 0.2) is 5.41 Å². The molecule has 0 aliphatic carbocycles. The van der Waals surface area contributed by atoms with Crippen LogP contribution in [0.25, 0.3) is 0 Å². The lowest BCUT2D eigenvalue weighted by Crippen LogP contribution is -2.48. The molecule has 2 atom stereocenters. The van der Waals surface area contributed by atoms with Crippen LogP contribution >= 0.6 is 0 Å². The van der Waals surface area contributed by atoms with E-state index in [1.165, 1.54) is 0 Å². The van der Waals surface area contributed by atoms with Crippen LogP contribution in [0, 0.1) is 23.2 Å². The monoisotopic (exact) mass is 348 g/mol. The van der Waals surface area contributed by atoms with Crippen molar-refractivity contribution in [3.8, 4) is 17.9 Å². The van der Waals surface area contributed by atoms with Gasteiger partial charge in [-0.25, -0.2) is 0 Å². The van der Waals surface area contributed by atoms with Crippen LogP contribution in [0.4, 0.5) is 0 Å². The zero-order valence-corrected chi connectivity index (χ0v) is 14.5. The van der Waals surface area contributed by atoms with Gasteiger partial charge in [0.2, 0.25) is 0 Å². The van der Waals surface area contributed by atoms with Crippen molar-refractivity contribution in [2.45, 2.75) is 11.5 Å². The smallest absolute Gasteiger partial charge is 0.252 e. The predicted octanol–water partition coefficient (Wildman–Crippen LogP) is 3.98. The lowest BCUT2D eigenvalue weighted by molar-refractivity contribution is 0.0911. The van der Waals surface area contributed by atoms with Crippen LogP contribution in [0.5, 0.6) is 0 Å². The summed E-state index contributed by atoms with van der Waals surface area (Å²) in [4.78, 5) is 12.7. The number of nitrogens with one attached hydrogen (secondary N) is 1. The summed E-state index contributed by atoms with van der Waals surface area (Å²) < 4.78 is 0. The molecule has 0 bridgehead atoms. The van der Waals surface area contributed by atoms with Crippen molar-refractivity contribution >= 4 is 5.91 Å². The van der Waals surface area contributed by atoms with E-state index in [2.05, 4.69) is 23.2 Å². The molecule has 0 saturated heterocycles. The quantitative estimate of drug-likeness (QED) is 0.676. The summed E-state index contributed by atoms with van der Waals surface area (Å²) in [5.41, 5.74) is 1.64. The summed E-state index contributed by atoms with van der Waals surface area (Å²) in [6, 6.07) is 28.2. The zero-order valence-electron chi connectivity index (χ0n) is 14.5. The minimum Gasteiger partial charge on any atom is -0.342 e. The van der Waals surface area contributed by atoms with E-state index in [4.69, 9.17) is 0 Å². The molecule has 27 heavy (non-hydrogen) atoms. The molecule has 0 fully saturated rings. The molecule has 0 radical (unpaired) electrons. The summed E-state index contributed by atoms with van der Waals surface area (Å²) in [5.74, 6) is 6.15. The number of hydrogen-bond donors (Lipinski definition) is 1. The summed E-state index contributed by atoms with van der Waals surface area (Å²) in [6.07, 6.45) is 0. The minimum atomic E-state index is -1.18. The van der Waals surface area contributed by atoms with E-state index in [1.54, 1.807) is 12.1 Å². The van der Waals surface area contributed by atoms with Gasteiger partial charge in [-0.05, 0) is 29.3 Å². The van der Waals surface area contributed by atoms with Crippen molar-refractivity contribution in [2.75, 3.05) is 0 Å². The van der Waals surface area contributed by atoms with Gasteiger partial charge in [0.1, 0.15) is 0 Å². The molecule has 1 aliphatic rings. The summed E-state index contributed by atoms with van der Waals surface area (Å²) in [5, 5.41) is 13.3. The molecule has 128 valence electrons. The topological polar surface area (TPSA) is 52.9 Å². The van der Waals surface area contributed by atoms with Crippen LogP contribution in [0.2, 0.25) is 0 Å². The fourth-order valence-electron chi connectivity index (χ4n) is 3.46. The first-order valence-electron chi connectivity index (χ1n) is 8.69. The molecule has 3 nitrogen and oxygen atoms in total. The van der Waals surface area contributed by atoms with Crippen molar-refractivity contribution in [3.63, 3.8) is 0 Å². The van der Waals surface area contributed by atoms with Crippen LogP contribution in [0.1, 0.15) is 33.1 Å². The number of carbonyl (C=O) groups excluding carboxylic acids is 1. The van der Waals surface area contributed by atoms with Gasteiger partial charge in [-0.1, -0.05) is 78.6 Å². The third kappa shape index (κ3) is 2.86. The van der Waals surface area contributed by atoms with Gasteiger partial charge in [-0.3, -0.25) is 4.79 Å². The molecular formula is C24H16N2O. The van der Waals surface area contributed by atoms with Gasteiger partial charge in [0.05, 0.1) is 12.1 Å². The average Bonchev–Trinajstić information content (AvgIpc) is 2.75. The third-order valence-corrected chi connectivity index (χ3v) is 4.79. The zero-order chi connectivity index (χ0) is 18.7. The maximum Gasteiger partial charge on any atom is 0.252 e. The highest BCUT2D eigenvalue weighted by atomic mass is 16.1. The number of nitrogens with zero attached hydrogens (tertiary/aromatic N) is 1. The number of fused-ring (bicyclic) bond motifs is 1. The Kier molecular flexibility index (Phi) is 4.21. The van der Waals surface area contributed by atoms with Crippen molar-refractivity contribution in [3.05, 3.63) is 107 Å². The standard InChI is InChI=1S/C24H16N2O/c25-17-24(16-15-18-9-3-1-4-10-18)21-14-8-7-13-20(21)23(27)26-22(24)19-11-5-2-6-12-19/h1-14,22H,(H,26,27). The van der Waals surface area contributed by atoms with Gasteiger partial charge >= 0.3 is 0 Å². The van der Waals surface area contributed by atoms with Gasteiger partial charge in [-0.2, -0.15) is 5.26 Å². The summed E-state index contributed by atoms with van der Waals surface area (Å²) in [6.45, 7) is 0.